The average molecular weight is 598 g/mol. The summed E-state index contributed by atoms with van der Waals surface area (Å²) in [5.41, 5.74) is 1.53. The first-order valence-corrected chi connectivity index (χ1v) is 15.9. The number of aryl methyl sites for hydroxylation is 1. The Bertz CT molecular complexity index is 1450. The van der Waals surface area contributed by atoms with Crippen LogP contribution >= 0.6 is 11.8 Å². The fourth-order valence-electron chi connectivity index (χ4n) is 4.14. The molecule has 0 saturated carbocycles. The van der Waals surface area contributed by atoms with Gasteiger partial charge in [-0.15, -0.1) is 11.8 Å². The van der Waals surface area contributed by atoms with Crippen LogP contribution < -0.4 is 14.4 Å². The first-order chi connectivity index (χ1) is 19.2. The topological polar surface area (TPSA) is 96.0 Å². The molecule has 3 rings (SSSR count). The maximum absolute atomic E-state index is 14.0. The van der Waals surface area contributed by atoms with Crippen molar-refractivity contribution < 1.29 is 22.7 Å². The van der Waals surface area contributed by atoms with Crippen molar-refractivity contribution in [1.29, 1.82) is 0 Å². The van der Waals surface area contributed by atoms with Gasteiger partial charge < -0.3 is 15.0 Å². The predicted molar refractivity (Wildman–Crippen MR) is 165 cm³/mol. The van der Waals surface area contributed by atoms with E-state index < -0.39 is 34.1 Å². The zero-order valence-electron chi connectivity index (χ0n) is 24.7. The number of carbonyl (C=O) groups excluding carboxylic acids is 2. The van der Waals surface area contributed by atoms with Gasteiger partial charge in [0.1, 0.15) is 18.3 Å². The van der Waals surface area contributed by atoms with Crippen molar-refractivity contribution in [2.24, 2.45) is 0 Å². The number of anilines is 1. The number of sulfonamides is 1. The van der Waals surface area contributed by atoms with Gasteiger partial charge in [0.15, 0.2) is 0 Å². The van der Waals surface area contributed by atoms with Crippen LogP contribution in [0.2, 0.25) is 0 Å². The molecule has 41 heavy (non-hydrogen) atoms. The highest BCUT2D eigenvalue weighted by Gasteiger charge is 2.33. The van der Waals surface area contributed by atoms with Crippen LogP contribution in [0.25, 0.3) is 0 Å². The summed E-state index contributed by atoms with van der Waals surface area (Å²) in [6.45, 7) is 8.72. The summed E-state index contributed by atoms with van der Waals surface area (Å²) in [6.07, 6.45) is 1.91. The number of benzene rings is 3. The standard InChI is InChI=1S/C31H39N3O5S2/c1-22-11-13-25(14-12-22)34(41(37,38)28-17-15-27(40-7)16-18-28)21-29(35)33(23(2)30(36)32-31(3,4)5)20-24-9-8-10-26(19-24)39-6/h8-19,23H,20-21H2,1-7H3,(H,32,36)/t23-/m1/s1. The number of carbonyl (C=O) groups is 2. The number of rotatable bonds is 11. The Morgan fingerprint density at radius 2 is 1.63 bits per heavy atom. The molecule has 0 heterocycles. The largest absolute Gasteiger partial charge is 0.497 e. The smallest absolute Gasteiger partial charge is 0.264 e. The van der Waals surface area contributed by atoms with Crippen molar-refractivity contribution in [3.05, 3.63) is 83.9 Å². The molecule has 8 nitrogen and oxygen atoms in total. The maximum atomic E-state index is 14.0. The third kappa shape index (κ3) is 8.50. The summed E-state index contributed by atoms with van der Waals surface area (Å²) in [6, 6.07) is 19.8. The van der Waals surface area contributed by atoms with Gasteiger partial charge in [-0.05, 0) is 95.0 Å². The Kier molecular flexibility index (Phi) is 10.5. The molecule has 0 aliphatic heterocycles. The van der Waals surface area contributed by atoms with E-state index in [1.807, 2.05) is 40.0 Å². The molecule has 3 aromatic carbocycles. The normalized spacial score (nSPS) is 12.4. The molecular formula is C31H39N3O5S2. The van der Waals surface area contributed by atoms with E-state index in [9.17, 15) is 18.0 Å². The predicted octanol–water partition coefficient (Wildman–Crippen LogP) is 5.25. The summed E-state index contributed by atoms with van der Waals surface area (Å²) in [5.74, 6) is -0.250. The second kappa shape index (κ2) is 13.4. The maximum Gasteiger partial charge on any atom is 0.264 e. The summed E-state index contributed by atoms with van der Waals surface area (Å²) in [5, 5.41) is 2.93. The minimum atomic E-state index is -4.12. The Balaban J connectivity index is 2.04. The lowest BCUT2D eigenvalue weighted by Crippen LogP contribution is -2.54. The third-order valence-corrected chi connectivity index (χ3v) is 8.93. The highest BCUT2D eigenvalue weighted by Crippen LogP contribution is 2.27. The van der Waals surface area contributed by atoms with Crippen LogP contribution in [0.15, 0.2) is 82.6 Å². The van der Waals surface area contributed by atoms with Crippen LogP contribution in [0.4, 0.5) is 5.69 Å². The minimum Gasteiger partial charge on any atom is -0.497 e. The van der Waals surface area contributed by atoms with Gasteiger partial charge in [0.25, 0.3) is 10.0 Å². The number of thioether (sulfide) groups is 1. The van der Waals surface area contributed by atoms with Gasteiger partial charge in [-0.25, -0.2) is 8.42 Å². The Labute approximate surface area is 248 Å². The lowest BCUT2D eigenvalue weighted by Gasteiger charge is -2.33. The van der Waals surface area contributed by atoms with Gasteiger partial charge in [-0.1, -0.05) is 29.8 Å². The van der Waals surface area contributed by atoms with Gasteiger partial charge in [-0.3, -0.25) is 13.9 Å². The molecule has 3 aromatic rings. The number of methoxy groups -OCH3 is 1. The summed E-state index contributed by atoms with van der Waals surface area (Å²) < 4.78 is 34.4. The van der Waals surface area contributed by atoms with E-state index >= 15 is 0 Å². The fourth-order valence-corrected chi connectivity index (χ4v) is 5.96. The molecule has 0 aromatic heterocycles. The molecule has 10 heteroatoms. The third-order valence-electron chi connectivity index (χ3n) is 6.40. The second-order valence-electron chi connectivity index (χ2n) is 10.8. The molecule has 220 valence electrons. The zero-order chi connectivity index (χ0) is 30.4. The lowest BCUT2D eigenvalue weighted by atomic mass is 10.1. The van der Waals surface area contributed by atoms with Crippen molar-refractivity contribution in [3.8, 4) is 5.75 Å². The Morgan fingerprint density at radius 3 is 2.20 bits per heavy atom. The van der Waals surface area contributed by atoms with Gasteiger partial charge in [0.2, 0.25) is 11.8 Å². The molecule has 0 spiro atoms. The van der Waals surface area contributed by atoms with Crippen molar-refractivity contribution >= 4 is 39.3 Å². The van der Waals surface area contributed by atoms with Gasteiger partial charge >= 0.3 is 0 Å². The van der Waals surface area contributed by atoms with Gasteiger partial charge in [-0.2, -0.15) is 0 Å². The molecule has 0 saturated heterocycles. The number of ether oxygens (including phenoxy) is 1. The fraction of sp³-hybridized carbons (Fsp3) is 0.355. The summed E-state index contributed by atoms with van der Waals surface area (Å²) in [7, 11) is -2.57. The quantitative estimate of drug-likeness (QED) is 0.303. The molecule has 0 radical (unpaired) electrons. The number of hydrogen-bond acceptors (Lipinski definition) is 6. The van der Waals surface area contributed by atoms with Crippen molar-refractivity contribution in [2.45, 2.75) is 62.5 Å². The number of nitrogens with zero attached hydrogens (tertiary/aromatic N) is 2. The van der Waals surface area contributed by atoms with E-state index in [0.717, 1.165) is 20.3 Å². The Hall–Kier alpha value is -3.50. The van der Waals surface area contributed by atoms with Crippen LogP contribution in [-0.2, 0) is 26.2 Å². The zero-order valence-corrected chi connectivity index (χ0v) is 26.3. The molecule has 2 amide bonds. The molecule has 1 N–H and O–H groups in total. The summed E-state index contributed by atoms with van der Waals surface area (Å²) >= 11 is 1.51. The minimum absolute atomic E-state index is 0.0709. The molecule has 0 fully saturated rings. The number of amides is 2. The van der Waals surface area contributed by atoms with E-state index in [1.54, 1.807) is 80.8 Å². The van der Waals surface area contributed by atoms with Crippen LogP contribution in [0, 0.1) is 6.92 Å². The first-order valence-electron chi connectivity index (χ1n) is 13.2. The second-order valence-corrected chi connectivity index (χ2v) is 13.6. The molecule has 0 aliphatic carbocycles. The molecule has 0 bridgehead atoms. The van der Waals surface area contributed by atoms with E-state index in [0.29, 0.717) is 11.4 Å². The van der Waals surface area contributed by atoms with Crippen LogP contribution in [0.5, 0.6) is 5.75 Å². The van der Waals surface area contributed by atoms with Crippen molar-refractivity contribution in [3.63, 3.8) is 0 Å². The number of nitrogens with one attached hydrogen (secondary N) is 1. The first kappa shape index (κ1) is 32.0. The van der Waals surface area contributed by atoms with Gasteiger partial charge in [0, 0.05) is 17.0 Å². The van der Waals surface area contributed by atoms with Crippen molar-refractivity contribution in [2.75, 3.05) is 24.2 Å². The van der Waals surface area contributed by atoms with E-state index in [4.69, 9.17) is 4.74 Å². The van der Waals surface area contributed by atoms with Crippen LogP contribution in [0.1, 0.15) is 38.8 Å². The van der Waals surface area contributed by atoms with E-state index in [2.05, 4.69) is 5.32 Å². The monoisotopic (exact) mass is 597 g/mol. The molecule has 1 atom stereocenters. The average Bonchev–Trinajstić information content (AvgIpc) is 2.93. The lowest BCUT2D eigenvalue weighted by molar-refractivity contribution is -0.140. The number of hydrogen-bond donors (Lipinski definition) is 1. The Morgan fingerprint density at radius 1 is 1.00 bits per heavy atom. The van der Waals surface area contributed by atoms with E-state index in [1.165, 1.54) is 16.7 Å². The molecule has 0 aliphatic rings. The molecule has 0 unspecified atom stereocenters. The van der Waals surface area contributed by atoms with Crippen LogP contribution in [-0.4, -0.2) is 56.6 Å². The summed E-state index contributed by atoms with van der Waals surface area (Å²) in [4.78, 5) is 29.7. The van der Waals surface area contributed by atoms with E-state index in [-0.39, 0.29) is 17.3 Å². The van der Waals surface area contributed by atoms with Gasteiger partial charge in [0.05, 0.1) is 17.7 Å². The highest BCUT2D eigenvalue weighted by atomic mass is 32.2. The molecular weight excluding hydrogens is 558 g/mol. The SMILES string of the molecule is COc1cccc(CN(C(=O)CN(c2ccc(C)cc2)S(=O)(=O)c2ccc(SC)cc2)[C@H](C)C(=O)NC(C)(C)C)c1. The van der Waals surface area contributed by atoms with Crippen LogP contribution in [0.3, 0.4) is 0 Å². The van der Waals surface area contributed by atoms with Crippen molar-refractivity contribution in [1.82, 2.24) is 10.2 Å². The highest BCUT2D eigenvalue weighted by molar-refractivity contribution is 7.98.